The van der Waals surface area contributed by atoms with Crippen LogP contribution in [-0.4, -0.2) is 42.0 Å². The van der Waals surface area contributed by atoms with Gasteiger partial charge >= 0.3 is 0 Å². The molecule has 0 amide bonds. The second-order valence-electron chi connectivity index (χ2n) is 8.08. The number of piperazine rings is 1. The topological polar surface area (TPSA) is 35.6 Å². The molecule has 0 bridgehead atoms. The molecule has 0 atom stereocenters. The third-order valence-corrected chi connectivity index (χ3v) is 6.37. The molecule has 1 aliphatic rings. The Labute approximate surface area is 199 Å². The van der Waals surface area contributed by atoms with E-state index in [0.717, 1.165) is 26.2 Å². The first kappa shape index (κ1) is 22.3. The summed E-state index contributed by atoms with van der Waals surface area (Å²) in [6.07, 6.45) is 0. The first-order chi connectivity index (χ1) is 15.4. The minimum Gasteiger partial charge on any atom is -0.368 e. The maximum absolute atomic E-state index is 13.1. The van der Waals surface area contributed by atoms with Crippen molar-refractivity contribution in [3.05, 3.63) is 94.0 Å². The van der Waals surface area contributed by atoms with E-state index in [9.17, 15) is 4.79 Å². The highest BCUT2D eigenvalue weighted by Gasteiger charge is 2.22. The monoisotopic (exact) mass is 463 g/mol. The lowest BCUT2D eigenvalue weighted by molar-refractivity contribution is 0.103. The Morgan fingerprint density at radius 3 is 2.38 bits per heavy atom. The standard InChI is InChI=1S/C26H26ClN3OS/c1-18-8-9-19(2)24(16-18)29-12-14-30(15-13-29)26(32)28-23-11-10-21(27)17-22(23)25(31)20-6-4-3-5-7-20/h3-11,16-17H,12-15H2,1-2H3,(H,28,32). The van der Waals surface area contributed by atoms with E-state index in [1.165, 1.54) is 16.8 Å². The van der Waals surface area contributed by atoms with Gasteiger partial charge in [-0.2, -0.15) is 0 Å². The predicted octanol–water partition coefficient (Wildman–Crippen LogP) is 5.71. The molecule has 4 rings (SSSR count). The normalized spacial score (nSPS) is 13.7. The number of anilines is 2. The summed E-state index contributed by atoms with van der Waals surface area (Å²) in [4.78, 5) is 17.6. The SMILES string of the molecule is Cc1ccc(C)c(N2CCN(C(=S)Nc3ccc(Cl)cc3C(=O)c3ccccc3)CC2)c1. The Balaban J connectivity index is 1.46. The van der Waals surface area contributed by atoms with Crippen LogP contribution in [0, 0.1) is 13.8 Å². The Morgan fingerprint density at radius 1 is 0.938 bits per heavy atom. The van der Waals surface area contributed by atoms with Crippen molar-refractivity contribution < 1.29 is 4.79 Å². The lowest BCUT2D eigenvalue weighted by Crippen LogP contribution is -2.50. The number of halogens is 1. The van der Waals surface area contributed by atoms with Crippen molar-refractivity contribution in [3.63, 3.8) is 0 Å². The highest BCUT2D eigenvalue weighted by atomic mass is 35.5. The maximum atomic E-state index is 13.1. The zero-order valence-electron chi connectivity index (χ0n) is 18.3. The van der Waals surface area contributed by atoms with E-state index in [2.05, 4.69) is 47.2 Å². The van der Waals surface area contributed by atoms with Gasteiger partial charge in [-0.05, 0) is 61.5 Å². The predicted molar refractivity (Wildman–Crippen MR) is 137 cm³/mol. The molecule has 1 saturated heterocycles. The number of benzene rings is 3. The Hall–Kier alpha value is -2.89. The van der Waals surface area contributed by atoms with E-state index >= 15 is 0 Å². The van der Waals surface area contributed by atoms with Crippen LogP contribution in [0.15, 0.2) is 66.7 Å². The van der Waals surface area contributed by atoms with Crippen molar-refractivity contribution in [2.24, 2.45) is 0 Å². The summed E-state index contributed by atoms with van der Waals surface area (Å²) in [5.41, 5.74) is 5.65. The molecule has 3 aromatic carbocycles. The zero-order valence-corrected chi connectivity index (χ0v) is 19.8. The average Bonchev–Trinajstić information content (AvgIpc) is 2.82. The molecule has 3 aromatic rings. The lowest BCUT2D eigenvalue weighted by atomic mass is 10.0. The number of aryl methyl sites for hydroxylation is 2. The molecule has 0 spiro atoms. The number of rotatable bonds is 4. The van der Waals surface area contributed by atoms with Crippen LogP contribution in [-0.2, 0) is 0 Å². The summed E-state index contributed by atoms with van der Waals surface area (Å²) in [6, 6.07) is 21.1. The van der Waals surface area contributed by atoms with Crippen molar-refractivity contribution in [1.82, 2.24) is 4.90 Å². The van der Waals surface area contributed by atoms with Gasteiger partial charge in [-0.15, -0.1) is 0 Å². The van der Waals surface area contributed by atoms with E-state index in [-0.39, 0.29) is 5.78 Å². The average molecular weight is 464 g/mol. The Bertz CT molecular complexity index is 1140. The molecule has 164 valence electrons. The minimum atomic E-state index is -0.0851. The molecule has 0 aliphatic carbocycles. The fourth-order valence-corrected chi connectivity index (χ4v) is 4.43. The molecule has 1 N–H and O–H groups in total. The molecular weight excluding hydrogens is 438 g/mol. The van der Waals surface area contributed by atoms with Crippen molar-refractivity contribution in [2.45, 2.75) is 13.8 Å². The first-order valence-electron chi connectivity index (χ1n) is 10.7. The largest absolute Gasteiger partial charge is 0.368 e. The summed E-state index contributed by atoms with van der Waals surface area (Å²) in [5.74, 6) is -0.0851. The van der Waals surface area contributed by atoms with Gasteiger partial charge in [0.25, 0.3) is 0 Å². The van der Waals surface area contributed by atoms with E-state index in [1.54, 1.807) is 24.3 Å². The van der Waals surface area contributed by atoms with E-state index in [1.807, 2.05) is 24.3 Å². The molecule has 0 aromatic heterocycles. The summed E-state index contributed by atoms with van der Waals surface area (Å²) in [6.45, 7) is 7.69. The van der Waals surface area contributed by atoms with E-state index < -0.39 is 0 Å². The van der Waals surface area contributed by atoms with Crippen LogP contribution in [0.1, 0.15) is 27.0 Å². The van der Waals surface area contributed by atoms with Gasteiger partial charge in [-0.3, -0.25) is 4.79 Å². The number of carbonyl (C=O) groups excluding carboxylic acids is 1. The van der Waals surface area contributed by atoms with Gasteiger partial charge in [0.15, 0.2) is 10.9 Å². The number of nitrogens with zero attached hydrogens (tertiary/aromatic N) is 2. The molecule has 1 aliphatic heterocycles. The molecule has 1 fully saturated rings. The Kier molecular flexibility index (Phi) is 6.77. The van der Waals surface area contributed by atoms with Crippen molar-refractivity contribution in [2.75, 3.05) is 36.4 Å². The van der Waals surface area contributed by atoms with Crippen molar-refractivity contribution >= 4 is 46.1 Å². The first-order valence-corrected chi connectivity index (χ1v) is 11.5. The quantitative estimate of drug-likeness (QED) is 0.396. The van der Waals surface area contributed by atoms with Crippen LogP contribution >= 0.6 is 23.8 Å². The van der Waals surface area contributed by atoms with Gasteiger partial charge < -0.3 is 15.1 Å². The van der Waals surface area contributed by atoms with Gasteiger partial charge in [0.1, 0.15) is 0 Å². The third kappa shape index (κ3) is 4.95. The number of hydrogen-bond donors (Lipinski definition) is 1. The highest BCUT2D eigenvalue weighted by molar-refractivity contribution is 7.80. The third-order valence-electron chi connectivity index (χ3n) is 5.78. The van der Waals surface area contributed by atoms with Crippen LogP contribution in [0.3, 0.4) is 0 Å². The van der Waals surface area contributed by atoms with E-state index in [0.29, 0.717) is 26.9 Å². The summed E-state index contributed by atoms with van der Waals surface area (Å²) < 4.78 is 0. The summed E-state index contributed by atoms with van der Waals surface area (Å²) in [7, 11) is 0. The number of nitrogens with one attached hydrogen (secondary N) is 1. The fraction of sp³-hybridized carbons (Fsp3) is 0.231. The maximum Gasteiger partial charge on any atom is 0.195 e. The fourth-order valence-electron chi connectivity index (χ4n) is 3.96. The molecule has 6 heteroatoms. The van der Waals surface area contributed by atoms with Crippen molar-refractivity contribution in [1.29, 1.82) is 0 Å². The number of ketones is 1. The van der Waals surface area contributed by atoms with Gasteiger partial charge in [-0.1, -0.05) is 54.1 Å². The molecule has 0 radical (unpaired) electrons. The second-order valence-corrected chi connectivity index (χ2v) is 8.90. The van der Waals surface area contributed by atoms with Crippen LogP contribution in [0.4, 0.5) is 11.4 Å². The van der Waals surface area contributed by atoms with Gasteiger partial charge in [0.2, 0.25) is 0 Å². The highest BCUT2D eigenvalue weighted by Crippen LogP contribution is 2.26. The molecule has 4 nitrogen and oxygen atoms in total. The second kappa shape index (κ2) is 9.72. The van der Waals surface area contributed by atoms with E-state index in [4.69, 9.17) is 23.8 Å². The lowest BCUT2D eigenvalue weighted by Gasteiger charge is -2.38. The van der Waals surface area contributed by atoms with Crippen LogP contribution in [0.2, 0.25) is 5.02 Å². The molecule has 32 heavy (non-hydrogen) atoms. The molecule has 0 unspecified atom stereocenters. The Morgan fingerprint density at radius 2 is 1.66 bits per heavy atom. The molecule has 1 heterocycles. The van der Waals surface area contributed by atoms with Crippen LogP contribution in [0.5, 0.6) is 0 Å². The number of hydrogen-bond acceptors (Lipinski definition) is 3. The van der Waals surface area contributed by atoms with Gasteiger partial charge in [0, 0.05) is 48.0 Å². The van der Waals surface area contributed by atoms with Gasteiger partial charge in [0.05, 0.1) is 5.69 Å². The molecule has 0 saturated carbocycles. The zero-order chi connectivity index (χ0) is 22.7. The smallest absolute Gasteiger partial charge is 0.195 e. The number of thiocarbonyl (C=S) groups is 1. The van der Waals surface area contributed by atoms with Gasteiger partial charge in [-0.25, -0.2) is 0 Å². The van der Waals surface area contributed by atoms with Crippen LogP contribution < -0.4 is 10.2 Å². The van der Waals surface area contributed by atoms with Crippen LogP contribution in [0.25, 0.3) is 0 Å². The summed E-state index contributed by atoms with van der Waals surface area (Å²) in [5, 5.41) is 4.43. The number of carbonyl (C=O) groups is 1. The molecular formula is C26H26ClN3OS. The van der Waals surface area contributed by atoms with Crippen molar-refractivity contribution in [3.8, 4) is 0 Å². The summed E-state index contributed by atoms with van der Waals surface area (Å²) >= 11 is 11.9. The minimum absolute atomic E-state index is 0.0851.